The van der Waals surface area contributed by atoms with Crippen molar-refractivity contribution in [1.29, 1.82) is 0 Å². The molecule has 0 spiro atoms. The van der Waals surface area contributed by atoms with Crippen molar-refractivity contribution in [2.75, 3.05) is 7.11 Å². The van der Waals surface area contributed by atoms with E-state index in [0.29, 0.717) is 17.9 Å². The van der Waals surface area contributed by atoms with Gasteiger partial charge in [-0.05, 0) is 12.8 Å². The molecule has 1 aliphatic carbocycles. The first kappa shape index (κ1) is 12.1. The van der Waals surface area contributed by atoms with Gasteiger partial charge >= 0.3 is 0 Å². The highest BCUT2D eigenvalue weighted by atomic mass is 16.5. The molecular formula is C12H19N3O2. The van der Waals surface area contributed by atoms with E-state index in [0.717, 1.165) is 25.7 Å². The fraction of sp³-hybridized carbons (Fsp3) is 0.667. The second-order valence-electron chi connectivity index (χ2n) is 4.85. The van der Waals surface area contributed by atoms with E-state index in [4.69, 9.17) is 10.5 Å². The van der Waals surface area contributed by atoms with Crippen LogP contribution in [0.2, 0.25) is 0 Å². The van der Waals surface area contributed by atoms with Gasteiger partial charge in [0.05, 0.1) is 13.3 Å². The fourth-order valence-electron chi connectivity index (χ4n) is 2.54. The topological polar surface area (TPSA) is 70.1 Å². The molecule has 0 aromatic carbocycles. The lowest BCUT2D eigenvalue weighted by Crippen LogP contribution is -2.39. The second-order valence-corrected chi connectivity index (χ2v) is 4.85. The monoisotopic (exact) mass is 237 g/mol. The molecule has 0 saturated heterocycles. The Morgan fingerprint density at radius 2 is 2.24 bits per heavy atom. The molecular weight excluding hydrogens is 218 g/mol. The molecule has 5 heteroatoms. The normalized spacial score (nSPS) is 18.3. The van der Waals surface area contributed by atoms with Gasteiger partial charge in [0.25, 0.3) is 0 Å². The molecule has 2 rings (SSSR count). The number of nitrogens with two attached hydrogens (primary N) is 1. The molecule has 17 heavy (non-hydrogen) atoms. The van der Waals surface area contributed by atoms with Gasteiger partial charge in [-0.25, -0.2) is 0 Å². The van der Waals surface area contributed by atoms with E-state index in [-0.39, 0.29) is 11.3 Å². The molecule has 1 aromatic rings. The number of rotatable bonds is 4. The number of ketones is 1. The Labute approximate surface area is 101 Å². The van der Waals surface area contributed by atoms with E-state index in [1.165, 1.54) is 0 Å². The van der Waals surface area contributed by atoms with Crippen molar-refractivity contribution >= 4 is 5.78 Å². The first-order valence-corrected chi connectivity index (χ1v) is 5.94. The van der Waals surface area contributed by atoms with Crippen molar-refractivity contribution < 1.29 is 9.53 Å². The maximum Gasteiger partial charge on any atom is 0.186 e. The minimum atomic E-state index is -0.327. The molecule has 0 atom stereocenters. The minimum Gasteiger partial charge on any atom is -0.493 e. The van der Waals surface area contributed by atoms with E-state index in [9.17, 15) is 4.79 Å². The van der Waals surface area contributed by atoms with Gasteiger partial charge in [-0.3, -0.25) is 9.48 Å². The van der Waals surface area contributed by atoms with E-state index >= 15 is 0 Å². The van der Waals surface area contributed by atoms with Crippen molar-refractivity contribution in [2.45, 2.75) is 37.6 Å². The zero-order chi connectivity index (χ0) is 12.5. The number of methoxy groups -OCH3 is 1. The van der Waals surface area contributed by atoms with Crippen molar-refractivity contribution in [2.24, 2.45) is 12.8 Å². The van der Waals surface area contributed by atoms with Crippen molar-refractivity contribution in [3.05, 3.63) is 11.9 Å². The predicted octanol–water partition coefficient (Wildman–Crippen LogP) is 1.27. The summed E-state index contributed by atoms with van der Waals surface area (Å²) >= 11 is 0. The summed E-state index contributed by atoms with van der Waals surface area (Å²) in [5.41, 5.74) is 6.41. The SMILES string of the molecule is COc1cnn(C)c1C(=O)CC1(N)CCCC1. The van der Waals surface area contributed by atoms with Crippen molar-refractivity contribution in [3.8, 4) is 5.75 Å². The third kappa shape index (κ3) is 2.34. The lowest BCUT2D eigenvalue weighted by molar-refractivity contribution is 0.0940. The molecule has 1 aromatic heterocycles. The maximum absolute atomic E-state index is 12.2. The van der Waals surface area contributed by atoms with Crippen LogP contribution in [0, 0.1) is 0 Å². The average Bonchev–Trinajstić information content (AvgIpc) is 2.84. The van der Waals surface area contributed by atoms with Crippen LogP contribution in [0.4, 0.5) is 0 Å². The minimum absolute atomic E-state index is 0.0197. The number of aromatic nitrogens is 2. The predicted molar refractivity (Wildman–Crippen MR) is 64.1 cm³/mol. The largest absolute Gasteiger partial charge is 0.493 e. The summed E-state index contributed by atoms with van der Waals surface area (Å²) < 4.78 is 6.69. The molecule has 0 amide bonds. The van der Waals surface area contributed by atoms with Crippen LogP contribution < -0.4 is 10.5 Å². The molecule has 0 aliphatic heterocycles. The number of hydrogen-bond acceptors (Lipinski definition) is 4. The molecule has 0 radical (unpaired) electrons. The molecule has 0 unspecified atom stereocenters. The summed E-state index contributed by atoms with van der Waals surface area (Å²) in [7, 11) is 3.29. The molecule has 1 heterocycles. The van der Waals surface area contributed by atoms with E-state index in [1.54, 1.807) is 25.0 Å². The van der Waals surface area contributed by atoms with E-state index < -0.39 is 0 Å². The van der Waals surface area contributed by atoms with E-state index in [2.05, 4.69) is 5.10 Å². The number of carbonyl (C=O) groups excluding carboxylic acids is 1. The Hall–Kier alpha value is -1.36. The van der Waals surface area contributed by atoms with Crippen LogP contribution in [-0.2, 0) is 7.05 Å². The van der Waals surface area contributed by atoms with Crippen LogP contribution in [-0.4, -0.2) is 28.2 Å². The molecule has 1 saturated carbocycles. The molecule has 0 bridgehead atoms. The van der Waals surface area contributed by atoms with Gasteiger partial charge in [-0.2, -0.15) is 5.10 Å². The molecule has 94 valence electrons. The number of nitrogens with zero attached hydrogens (tertiary/aromatic N) is 2. The second kappa shape index (κ2) is 4.49. The van der Waals surface area contributed by atoms with Gasteiger partial charge in [0.2, 0.25) is 0 Å². The van der Waals surface area contributed by atoms with Crippen molar-refractivity contribution in [1.82, 2.24) is 9.78 Å². The Morgan fingerprint density at radius 3 is 2.82 bits per heavy atom. The van der Waals surface area contributed by atoms with Crippen LogP contribution in [0.25, 0.3) is 0 Å². The number of hydrogen-bond donors (Lipinski definition) is 1. The fourth-order valence-corrected chi connectivity index (χ4v) is 2.54. The third-order valence-electron chi connectivity index (χ3n) is 3.50. The maximum atomic E-state index is 12.2. The van der Waals surface area contributed by atoms with E-state index in [1.807, 2.05) is 0 Å². The quantitative estimate of drug-likeness (QED) is 0.801. The number of aryl methyl sites for hydroxylation is 1. The highest BCUT2D eigenvalue weighted by molar-refractivity contribution is 5.97. The van der Waals surface area contributed by atoms with Crippen LogP contribution in [0.3, 0.4) is 0 Å². The molecule has 1 aliphatic rings. The zero-order valence-corrected chi connectivity index (χ0v) is 10.4. The van der Waals surface area contributed by atoms with Crippen LogP contribution >= 0.6 is 0 Å². The summed E-state index contributed by atoms with van der Waals surface area (Å²) in [5.74, 6) is 0.547. The first-order valence-electron chi connectivity index (χ1n) is 5.94. The number of ether oxygens (including phenoxy) is 1. The summed E-state index contributed by atoms with van der Waals surface area (Å²) in [4.78, 5) is 12.2. The zero-order valence-electron chi connectivity index (χ0n) is 10.4. The molecule has 2 N–H and O–H groups in total. The summed E-state index contributed by atoms with van der Waals surface area (Å²) in [6, 6.07) is 0. The van der Waals surface area contributed by atoms with Gasteiger partial charge in [0.1, 0.15) is 5.69 Å². The number of carbonyl (C=O) groups is 1. The Balaban J connectivity index is 2.16. The summed E-state index contributed by atoms with van der Waals surface area (Å²) in [6.07, 6.45) is 6.03. The van der Waals surface area contributed by atoms with Gasteiger partial charge in [-0.15, -0.1) is 0 Å². The van der Waals surface area contributed by atoms with Crippen LogP contribution in [0.1, 0.15) is 42.6 Å². The third-order valence-corrected chi connectivity index (χ3v) is 3.50. The van der Waals surface area contributed by atoms with Gasteiger partial charge in [-0.1, -0.05) is 12.8 Å². The summed E-state index contributed by atoms with van der Waals surface area (Å²) in [6.45, 7) is 0. The Morgan fingerprint density at radius 1 is 1.59 bits per heavy atom. The van der Waals surface area contributed by atoms with Gasteiger partial charge in [0, 0.05) is 19.0 Å². The first-order chi connectivity index (χ1) is 8.06. The lowest BCUT2D eigenvalue weighted by atomic mass is 9.91. The lowest BCUT2D eigenvalue weighted by Gasteiger charge is -2.22. The Kier molecular flexibility index (Phi) is 3.19. The average molecular weight is 237 g/mol. The van der Waals surface area contributed by atoms with Gasteiger partial charge < -0.3 is 10.5 Å². The van der Waals surface area contributed by atoms with Crippen LogP contribution in [0.15, 0.2) is 6.20 Å². The molecule has 1 fully saturated rings. The highest BCUT2D eigenvalue weighted by Gasteiger charge is 2.33. The summed E-state index contributed by atoms with van der Waals surface area (Å²) in [5, 5.41) is 4.04. The number of Topliss-reactive ketones (excluding diaryl/α,β-unsaturated/α-hetero) is 1. The highest BCUT2D eigenvalue weighted by Crippen LogP contribution is 2.32. The Bertz CT molecular complexity index is 419. The smallest absolute Gasteiger partial charge is 0.186 e. The van der Waals surface area contributed by atoms with Crippen molar-refractivity contribution in [3.63, 3.8) is 0 Å². The molecule has 5 nitrogen and oxygen atoms in total. The standard InChI is InChI=1S/C12H19N3O2/c1-15-11(10(17-2)8-14-15)9(16)7-12(13)5-3-4-6-12/h8H,3-7,13H2,1-2H3. The van der Waals surface area contributed by atoms with Crippen LogP contribution in [0.5, 0.6) is 5.75 Å². The van der Waals surface area contributed by atoms with Gasteiger partial charge in [0.15, 0.2) is 11.5 Å².